The highest BCUT2D eigenvalue weighted by molar-refractivity contribution is 7.83. The summed E-state index contributed by atoms with van der Waals surface area (Å²) in [5.41, 5.74) is 0.924. The average molecular weight is 461 g/mol. The average Bonchev–Trinajstić information content (AvgIpc) is 3.47. The summed E-state index contributed by atoms with van der Waals surface area (Å²) < 4.78 is 23.2. The molecule has 0 aliphatic carbocycles. The van der Waals surface area contributed by atoms with Crippen LogP contribution in [0.2, 0.25) is 5.02 Å². The number of piperazine rings is 1. The van der Waals surface area contributed by atoms with Gasteiger partial charge in [-0.1, -0.05) is 23.7 Å². The van der Waals surface area contributed by atoms with Crippen LogP contribution in [-0.4, -0.2) is 52.0 Å². The summed E-state index contributed by atoms with van der Waals surface area (Å²) in [6, 6.07) is 13.8. The second kappa shape index (κ2) is 9.53. The number of carbonyl (C=O) groups excluding carboxylic acids is 2. The van der Waals surface area contributed by atoms with Crippen LogP contribution in [0.25, 0.3) is 0 Å². The molecule has 2 aromatic heterocycles. The molecule has 1 aromatic carbocycles. The van der Waals surface area contributed by atoms with E-state index >= 15 is 0 Å². The van der Waals surface area contributed by atoms with E-state index < -0.39 is 10.8 Å². The van der Waals surface area contributed by atoms with E-state index in [1.54, 1.807) is 46.2 Å². The summed E-state index contributed by atoms with van der Waals surface area (Å²) in [6.07, 6.45) is 1.46. The predicted molar refractivity (Wildman–Crippen MR) is 116 cm³/mol. The number of nitrogens with zero attached hydrogens (tertiary/aromatic N) is 2. The minimum atomic E-state index is -1.17. The second-order valence-electron chi connectivity index (χ2n) is 7.18. The van der Waals surface area contributed by atoms with E-state index in [1.807, 2.05) is 12.1 Å². The number of rotatable bonds is 6. The molecule has 3 heterocycles. The van der Waals surface area contributed by atoms with Gasteiger partial charge in [0, 0.05) is 47.8 Å². The lowest BCUT2D eigenvalue weighted by Crippen LogP contribution is -2.50. The Morgan fingerprint density at radius 1 is 0.871 bits per heavy atom. The Hall–Kier alpha value is -2.84. The fourth-order valence-corrected chi connectivity index (χ4v) is 4.64. The van der Waals surface area contributed by atoms with Gasteiger partial charge < -0.3 is 18.6 Å². The quantitative estimate of drug-likeness (QED) is 0.561. The van der Waals surface area contributed by atoms with Gasteiger partial charge in [-0.05, 0) is 42.0 Å². The zero-order valence-corrected chi connectivity index (χ0v) is 18.2. The van der Waals surface area contributed by atoms with Gasteiger partial charge in [0.2, 0.25) is 0 Å². The Labute approximate surface area is 187 Å². The fourth-order valence-electron chi connectivity index (χ4n) is 3.37. The van der Waals surface area contributed by atoms with Crippen molar-refractivity contribution in [3.63, 3.8) is 0 Å². The molecular weight excluding hydrogens is 440 g/mol. The van der Waals surface area contributed by atoms with Crippen molar-refractivity contribution in [2.24, 2.45) is 0 Å². The summed E-state index contributed by atoms with van der Waals surface area (Å²) in [4.78, 5) is 28.4. The molecule has 162 valence electrons. The smallest absolute Gasteiger partial charge is 0.289 e. The number of benzene rings is 1. The maximum atomic E-state index is 12.7. The third-order valence-corrected chi connectivity index (χ3v) is 6.52. The number of carbonyl (C=O) groups is 2. The van der Waals surface area contributed by atoms with E-state index in [0.29, 0.717) is 48.5 Å². The molecule has 2 amide bonds. The molecule has 0 saturated carbocycles. The van der Waals surface area contributed by atoms with Crippen LogP contribution in [0.15, 0.2) is 63.6 Å². The first-order valence-electron chi connectivity index (χ1n) is 9.80. The highest BCUT2D eigenvalue weighted by Gasteiger charge is 2.28. The molecule has 0 N–H and O–H groups in total. The van der Waals surface area contributed by atoms with E-state index in [9.17, 15) is 13.8 Å². The summed E-state index contributed by atoms with van der Waals surface area (Å²) in [6.45, 7) is 1.65. The Morgan fingerprint density at radius 3 is 2.13 bits per heavy atom. The molecule has 1 saturated heterocycles. The van der Waals surface area contributed by atoms with Crippen molar-refractivity contribution >= 4 is 34.2 Å². The second-order valence-corrected chi connectivity index (χ2v) is 9.08. The van der Waals surface area contributed by atoms with Gasteiger partial charge in [-0.2, -0.15) is 0 Å². The maximum absolute atomic E-state index is 12.7. The molecule has 9 heteroatoms. The Bertz CT molecular complexity index is 1070. The van der Waals surface area contributed by atoms with E-state index in [1.165, 1.54) is 6.26 Å². The van der Waals surface area contributed by atoms with Gasteiger partial charge in [-0.3, -0.25) is 13.8 Å². The minimum Gasteiger partial charge on any atom is -0.459 e. The molecule has 1 fully saturated rings. The van der Waals surface area contributed by atoms with Crippen LogP contribution < -0.4 is 0 Å². The van der Waals surface area contributed by atoms with Crippen molar-refractivity contribution in [1.82, 2.24) is 9.80 Å². The molecule has 31 heavy (non-hydrogen) atoms. The van der Waals surface area contributed by atoms with Gasteiger partial charge in [-0.25, -0.2) is 0 Å². The Morgan fingerprint density at radius 2 is 1.52 bits per heavy atom. The number of halogens is 1. The minimum absolute atomic E-state index is 0.180. The lowest BCUT2D eigenvalue weighted by Gasteiger charge is -2.33. The van der Waals surface area contributed by atoms with E-state index in [2.05, 4.69) is 0 Å². The van der Waals surface area contributed by atoms with Crippen LogP contribution in [0.1, 0.15) is 32.4 Å². The molecule has 0 spiro atoms. The molecule has 1 aliphatic rings. The van der Waals surface area contributed by atoms with E-state index in [-0.39, 0.29) is 23.3 Å². The molecule has 3 aromatic rings. The van der Waals surface area contributed by atoms with Gasteiger partial charge in [0.15, 0.2) is 11.5 Å². The standard InChI is InChI=1S/C22H21ClN2O5S/c23-17-5-3-16(4-6-17)14-31(28)15-18-7-8-20(30-18)22(27)25-11-9-24(10-12-25)21(26)19-2-1-13-29-19/h1-8,13H,9-12,14-15H2/t31-/m1/s1. The highest BCUT2D eigenvalue weighted by atomic mass is 35.5. The van der Waals surface area contributed by atoms with E-state index in [4.69, 9.17) is 20.4 Å². The molecule has 0 radical (unpaired) electrons. The van der Waals surface area contributed by atoms with Crippen molar-refractivity contribution in [3.05, 3.63) is 82.7 Å². The number of hydrogen-bond acceptors (Lipinski definition) is 5. The molecule has 4 rings (SSSR count). The first kappa shape index (κ1) is 21.4. The number of amides is 2. The van der Waals surface area contributed by atoms with Crippen LogP contribution in [0.4, 0.5) is 0 Å². The van der Waals surface area contributed by atoms with Gasteiger partial charge >= 0.3 is 0 Å². The zero-order valence-electron chi connectivity index (χ0n) is 16.7. The molecule has 0 unspecified atom stereocenters. The highest BCUT2D eigenvalue weighted by Crippen LogP contribution is 2.17. The van der Waals surface area contributed by atoms with Crippen molar-refractivity contribution < 1.29 is 22.6 Å². The normalized spacial score (nSPS) is 15.1. The Balaban J connectivity index is 1.29. The molecule has 1 aliphatic heterocycles. The maximum Gasteiger partial charge on any atom is 0.289 e. The largest absolute Gasteiger partial charge is 0.459 e. The van der Waals surface area contributed by atoms with Crippen LogP contribution in [0, 0.1) is 0 Å². The molecule has 1 atom stereocenters. The zero-order chi connectivity index (χ0) is 21.8. The number of hydrogen-bond donors (Lipinski definition) is 0. The lowest BCUT2D eigenvalue weighted by atomic mass is 10.2. The van der Waals surface area contributed by atoms with Crippen LogP contribution in [0.3, 0.4) is 0 Å². The fraction of sp³-hybridized carbons (Fsp3) is 0.273. The van der Waals surface area contributed by atoms with Gasteiger partial charge in [0.05, 0.1) is 12.0 Å². The number of furan rings is 2. The topological polar surface area (TPSA) is 84.0 Å². The Kier molecular flexibility index (Phi) is 6.58. The first-order chi connectivity index (χ1) is 15.0. The van der Waals surface area contributed by atoms with Crippen molar-refractivity contribution in [2.45, 2.75) is 11.5 Å². The van der Waals surface area contributed by atoms with Crippen LogP contribution in [0.5, 0.6) is 0 Å². The molecule has 0 bridgehead atoms. The van der Waals surface area contributed by atoms with Gasteiger partial charge in [0.1, 0.15) is 5.76 Å². The summed E-state index contributed by atoms with van der Waals surface area (Å²) in [5.74, 6) is 1.20. The molecular formula is C22H21ClN2O5S. The molecule has 7 nitrogen and oxygen atoms in total. The van der Waals surface area contributed by atoms with Gasteiger partial charge in [0.25, 0.3) is 11.8 Å². The summed E-state index contributed by atoms with van der Waals surface area (Å²) >= 11 is 5.87. The first-order valence-corrected chi connectivity index (χ1v) is 11.7. The third-order valence-electron chi connectivity index (χ3n) is 5.00. The SMILES string of the molecule is O=C(c1ccco1)N1CCN(C(=O)c2ccc(C[S@](=O)Cc3ccc(Cl)cc3)o2)CC1. The summed E-state index contributed by atoms with van der Waals surface area (Å²) in [7, 11) is -1.17. The van der Waals surface area contributed by atoms with Crippen molar-refractivity contribution in [2.75, 3.05) is 26.2 Å². The third kappa shape index (κ3) is 5.26. The van der Waals surface area contributed by atoms with Gasteiger partial charge in [-0.15, -0.1) is 0 Å². The van der Waals surface area contributed by atoms with Crippen molar-refractivity contribution in [3.8, 4) is 0 Å². The summed E-state index contributed by atoms with van der Waals surface area (Å²) in [5, 5.41) is 0.634. The van der Waals surface area contributed by atoms with Crippen molar-refractivity contribution in [1.29, 1.82) is 0 Å². The van der Waals surface area contributed by atoms with Crippen LogP contribution in [-0.2, 0) is 22.3 Å². The van der Waals surface area contributed by atoms with Crippen LogP contribution >= 0.6 is 11.6 Å². The predicted octanol–water partition coefficient (Wildman–Crippen LogP) is 3.57. The van der Waals surface area contributed by atoms with E-state index in [0.717, 1.165) is 5.56 Å². The lowest BCUT2D eigenvalue weighted by molar-refractivity contribution is 0.0501. The monoisotopic (exact) mass is 460 g/mol.